The number of anilines is 1. The van der Waals surface area contributed by atoms with Gasteiger partial charge in [0.25, 0.3) is 5.91 Å². The Kier molecular flexibility index (Phi) is 4.37. The van der Waals surface area contributed by atoms with Crippen LogP contribution in [0.4, 0.5) is 11.4 Å². The van der Waals surface area contributed by atoms with Crippen LogP contribution in [0.1, 0.15) is 12.5 Å². The molecule has 7 nitrogen and oxygen atoms in total. The van der Waals surface area contributed by atoms with E-state index >= 15 is 0 Å². The Hall–Kier alpha value is -3.00. The molecule has 126 valence electrons. The maximum absolute atomic E-state index is 12.6. The minimum absolute atomic E-state index is 0.175. The SMILES string of the molecule is CC1=NN(c2ccccc2)C(=O)/C1=C/c1cc(Br)c(O)c([N+](=O)[O-])c1. The van der Waals surface area contributed by atoms with Gasteiger partial charge in [0.15, 0.2) is 0 Å². The third-order valence-corrected chi connectivity index (χ3v) is 4.24. The highest BCUT2D eigenvalue weighted by Gasteiger charge is 2.29. The second-order valence-electron chi connectivity index (χ2n) is 5.32. The highest BCUT2D eigenvalue weighted by molar-refractivity contribution is 9.10. The normalized spacial score (nSPS) is 15.6. The first kappa shape index (κ1) is 16.8. The number of hydrogen-bond acceptors (Lipinski definition) is 5. The molecule has 8 heteroatoms. The highest BCUT2D eigenvalue weighted by Crippen LogP contribution is 2.36. The van der Waals surface area contributed by atoms with Gasteiger partial charge < -0.3 is 5.11 Å². The number of carbonyl (C=O) groups is 1. The molecule has 0 saturated carbocycles. The van der Waals surface area contributed by atoms with E-state index < -0.39 is 16.4 Å². The molecule has 0 saturated heterocycles. The molecule has 1 aliphatic rings. The van der Waals surface area contributed by atoms with Gasteiger partial charge in [0.05, 0.1) is 26.4 Å². The van der Waals surface area contributed by atoms with Gasteiger partial charge in [-0.05, 0) is 52.7 Å². The molecule has 0 spiro atoms. The summed E-state index contributed by atoms with van der Waals surface area (Å²) in [7, 11) is 0. The Labute approximate surface area is 151 Å². The second kappa shape index (κ2) is 6.48. The zero-order chi connectivity index (χ0) is 18.1. The monoisotopic (exact) mass is 401 g/mol. The van der Waals surface area contributed by atoms with Crippen LogP contribution >= 0.6 is 15.9 Å². The van der Waals surface area contributed by atoms with E-state index in [9.17, 15) is 20.0 Å². The van der Waals surface area contributed by atoms with Crippen LogP contribution in [0.15, 0.2) is 57.6 Å². The molecule has 25 heavy (non-hydrogen) atoms. The molecule has 1 amide bonds. The Morgan fingerprint density at radius 3 is 2.60 bits per heavy atom. The number of benzene rings is 2. The number of amides is 1. The number of phenols is 1. The number of nitro benzene ring substituents is 1. The van der Waals surface area contributed by atoms with Crippen molar-refractivity contribution in [3.63, 3.8) is 0 Å². The Balaban J connectivity index is 2.02. The molecule has 0 aliphatic carbocycles. The van der Waals surface area contributed by atoms with Crippen molar-refractivity contribution < 1.29 is 14.8 Å². The fourth-order valence-corrected chi connectivity index (χ4v) is 2.89. The molecule has 0 unspecified atom stereocenters. The molecule has 2 aromatic rings. The van der Waals surface area contributed by atoms with Gasteiger partial charge in [-0.1, -0.05) is 18.2 Å². The minimum atomic E-state index is -0.685. The zero-order valence-electron chi connectivity index (χ0n) is 13.0. The molecule has 0 atom stereocenters. The lowest BCUT2D eigenvalue weighted by Crippen LogP contribution is -2.21. The van der Waals surface area contributed by atoms with Gasteiger partial charge >= 0.3 is 5.69 Å². The fourth-order valence-electron chi connectivity index (χ4n) is 2.42. The van der Waals surface area contributed by atoms with Crippen LogP contribution in [-0.4, -0.2) is 21.6 Å². The summed E-state index contributed by atoms with van der Waals surface area (Å²) < 4.78 is 0.175. The largest absolute Gasteiger partial charge is 0.501 e. The third kappa shape index (κ3) is 3.16. The maximum atomic E-state index is 12.6. The topological polar surface area (TPSA) is 96.0 Å². The van der Waals surface area contributed by atoms with Crippen molar-refractivity contribution in [2.24, 2.45) is 5.10 Å². The molecule has 1 aliphatic heterocycles. The number of nitro groups is 1. The molecular weight excluding hydrogens is 390 g/mol. The molecular formula is C17H12BrN3O4. The first-order valence-electron chi connectivity index (χ1n) is 7.22. The van der Waals surface area contributed by atoms with Crippen molar-refractivity contribution in [1.82, 2.24) is 0 Å². The van der Waals surface area contributed by atoms with Crippen molar-refractivity contribution in [2.75, 3.05) is 5.01 Å². The van der Waals surface area contributed by atoms with E-state index in [0.717, 1.165) is 0 Å². The van der Waals surface area contributed by atoms with Crippen molar-refractivity contribution >= 4 is 45.0 Å². The Morgan fingerprint density at radius 1 is 1.28 bits per heavy atom. The lowest BCUT2D eigenvalue weighted by atomic mass is 10.1. The number of aromatic hydroxyl groups is 1. The number of nitrogens with zero attached hydrogens (tertiary/aromatic N) is 3. The van der Waals surface area contributed by atoms with E-state index in [-0.39, 0.29) is 10.4 Å². The minimum Gasteiger partial charge on any atom is -0.501 e. The Morgan fingerprint density at radius 2 is 1.96 bits per heavy atom. The van der Waals surface area contributed by atoms with Crippen LogP contribution in [-0.2, 0) is 4.79 Å². The maximum Gasteiger partial charge on any atom is 0.312 e. The molecule has 1 heterocycles. The predicted molar refractivity (Wildman–Crippen MR) is 97.5 cm³/mol. The van der Waals surface area contributed by atoms with Gasteiger partial charge in [-0.3, -0.25) is 14.9 Å². The second-order valence-corrected chi connectivity index (χ2v) is 6.18. The number of hydrazone groups is 1. The van der Waals surface area contributed by atoms with Crippen molar-refractivity contribution in [3.8, 4) is 5.75 Å². The summed E-state index contributed by atoms with van der Waals surface area (Å²) in [6.45, 7) is 1.69. The van der Waals surface area contributed by atoms with Gasteiger partial charge in [0.1, 0.15) is 0 Å². The van der Waals surface area contributed by atoms with Gasteiger partial charge in [-0.15, -0.1) is 0 Å². The average molecular weight is 402 g/mol. The molecule has 0 bridgehead atoms. The van der Waals surface area contributed by atoms with E-state index in [1.807, 2.05) is 6.07 Å². The number of carbonyl (C=O) groups excluding carboxylic acids is 1. The number of halogens is 1. The standard InChI is InChI=1S/C17H12BrN3O4/c1-10-13(17(23)20(19-10)12-5-3-2-4-6-12)7-11-8-14(18)16(22)15(9-11)21(24)25/h2-9,22H,1H3/b13-7+. The molecule has 2 aromatic carbocycles. The summed E-state index contributed by atoms with van der Waals surface area (Å²) in [5, 5.41) is 26.3. The van der Waals surface area contributed by atoms with E-state index in [0.29, 0.717) is 22.5 Å². The molecule has 3 rings (SSSR count). The van der Waals surface area contributed by atoms with E-state index in [4.69, 9.17) is 0 Å². The lowest BCUT2D eigenvalue weighted by molar-refractivity contribution is -0.386. The van der Waals surface area contributed by atoms with Crippen LogP contribution in [0.3, 0.4) is 0 Å². The average Bonchev–Trinajstić information content (AvgIpc) is 2.86. The first-order valence-corrected chi connectivity index (χ1v) is 8.01. The van der Waals surface area contributed by atoms with Gasteiger partial charge in [0, 0.05) is 6.07 Å². The lowest BCUT2D eigenvalue weighted by Gasteiger charge is -2.11. The summed E-state index contributed by atoms with van der Waals surface area (Å²) in [5.41, 5.74) is 1.43. The predicted octanol–water partition coefficient (Wildman–Crippen LogP) is 3.87. The quantitative estimate of drug-likeness (QED) is 0.479. The van der Waals surface area contributed by atoms with Crippen LogP contribution in [0, 0.1) is 10.1 Å². The summed E-state index contributed by atoms with van der Waals surface area (Å²) in [6.07, 6.45) is 1.52. The smallest absolute Gasteiger partial charge is 0.312 e. The molecule has 0 aromatic heterocycles. The van der Waals surface area contributed by atoms with Crippen molar-refractivity contribution in [3.05, 3.63) is 68.2 Å². The van der Waals surface area contributed by atoms with Gasteiger partial charge in [-0.25, -0.2) is 0 Å². The van der Waals surface area contributed by atoms with Crippen molar-refractivity contribution in [1.29, 1.82) is 0 Å². The molecule has 1 N–H and O–H groups in total. The number of phenolic OH excluding ortho intramolecular Hbond substituents is 1. The third-order valence-electron chi connectivity index (χ3n) is 3.64. The summed E-state index contributed by atoms with van der Waals surface area (Å²) in [5.74, 6) is -0.781. The zero-order valence-corrected chi connectivity index (χ0v) is 14.6. The highest BCUT2D eigenvalue weighted by atomic mass is 79.9. The summed E-state index contributed by atoms with van der Waals surface area (Å²) in [6, 6.07) is 11.7. The molecule has 0 radical (unpaired) electrons. The van der Waals surface area contributed by atoms with Crippen molar-refractivity contribution in [2.45, 2.75) is 6.92 Å². The van der Waals surface area contributed by atoms with Gasteiger partial charge in [-0.2, -0.15) is 10.1 Å². The van der Waals surface area contributed by atoms with Crippen LogP contribution in [0.2, 0.25) is 0 Å². The van der Waals surface area contributed by atoms with E-state index in [2.05, 4.69) is 21.0 Å². The Bertz CT molecular complexity index is 938. The number of para-hydroxylation sites is 1. The number of hydrogen-bond donors (Lipinski definition) is 1. The van der Waals surface area contributed by atoms with Gasteiger partial charge in [0.2, 0.25) is 5.75 Å². The molecule has 0 fully saturated rings. The summed E-state index contributed by atoms with van der Waals surface area (Å²) in [4.78, 5) is 23.0. The summed E-state index contributed by atoms with van der Waals surface area (Å²) >= 11 is 3.08. The fraction of sp³-hybridized carbons (Fsp3) is 0.0588. The van der Waals surface area contributed by atoms with E-state index in [1.165, 1.54) is 23.2 Å². The van der Waals surface area contributed by atoms with E-state index in [1.54, 1.807) is 31.2 Å². The van der Waals surface area contributed by atoms with Crippen LogP contribution in [0.25, 0.3) is 6.08 Å². The number of rotatable bonds is 3. The van der Waals surface area contributed by atoms with Crippen LogP contribution in [0.5, 0.6) is 5.75 Å². The van der Waals surface area contributed by atoms with Crippen LogP contribution < -0.4 is 5.01 Å². The first-order chi connectivity index (χ1) is 11.9.